The second-order valence-corrected chi connectivity index (χ2v) is 7.14. The van der Waals surface area contributed by atoms with Crippen molar-refractivity contribution in [2.75, 3.05) is 45.9 Å². The molecule has 1 atom stereocenters. The Morgan fingerprint density at radius 1 is 1.36 bits per heavy atom. The predicted octanol–water partition coefficient (Wildman–Crippen LogP) is 2.00. The summed E-state index contributed by atoms with van der Waals surface area (Å²) in [6.45, 7) is 7.07. The lowest BCUT2D eigenvalue weighted by molar-refractivity contribution is 0.180. The number of hydrogen-bond acceptors (Lipinski definition) is 4. The molecule has 2 fully saturated rings. The van der Waals surface area contributed by atoms with E-state index in [-0.39, 0.29) is 6.03 Å². The van der Waals surface area contributed by atoms with Gasteiger partial charge in [-0.1, -0.05) is 6.07 Å². The summed E-state index contributed by atoms with van der Waals surface area (Å²) < 4.78 is 5.35. The van der Waals surface area contributed by atoms with Crippen LogP contribution in [-0.4, -0.2) is 61.8 Å². The van der Waals surface area contributed by atoms with Crippen molar-refractivity contribution >= 4 is 17.4 Å². The second kappa shape index (κ2) is 7.94. The first kappa shape index (κ1) is 15.8. The van der Waals surface area contributed by atoms with Gasteiger partial charge in [0.1, 0.15) is 0 Å². The predicted molar refractivity (Wildman–Crippen MR) is 88.1 cm³/mol. The lowest BCUT2D eigenvalue weighted by atomic mass is 10.1. The number of thiophene rings is 1. The number of nitrogens with one attached hydrogen (secondary N) is 1. The highest BCUT2D eigenvalue weighted by Gasteiger charge is 2.21. The van der Waals surface area contributed by atoms with Crippen LogP contribution in [0.4, 0.5) is 4.79 Å². The first-order valence-electron chi connectivity index (χ1n) is 8.16. The minimum Gasteiger partial charge on any atom is -0.381 e. The van der Waals surface area contributed by atoms with E-state index < -0.39 is 0 Å². The highest BCUT2D eigenvalue weighted by Crippen LogP contribution is 2.14. The summed E-state index contributed by atoms with van der Waals surface area (Å²) in [6.07, 6.45) is 2.11. The Morgan fingerprint density at radius 2 is 2.32 bits per heavy atom. The van der Waals surface area contributed by atoms with Crippen LogP contribution < -0.4 is 5.32 Å². The number of ether oxygens (including phenoxy) is 1. The summed E-state index contributed by atoms with van der Waals surface area (Å²) in [5.74, 6) is 0.492. The minimum atomic E-state index is 0.0878. The fraction of sp³-hybridized carbons (Fsp3) is 0.688. The van der Waals surface area contributed by atoms with Crippen LogP contribution in [0, 0.1) is 5.92 Å². The molecule has 6 heteroatoms. The summed E-state index contributed by atoms with van der Waals surface area (Å²) in [5.41, 5.74) is 0. The van der Waals surface area contributed by atoms with Crippen molar-refractivity contribution < 1.29 is 9.53 Å². The Morgan fingerprint density at radius 3 is 3.09 bits per heavy atom. The van der Waals surface area contributed by atoms with E-state index >= 15 is 0 Å². The van der Waals surface area contributed by atoms with Gasteiger partial charge < -0.3 is 15.0 Å². The summed E-state index contributed by atoms with van der Waals surface area (Å²) in [5, 5.41) is 5.20. The van der Waals surface area contributed by atoms with Crippen LogP contribution in [-0.2, 0) is 11.3 Å². The third-order valence-electron chi connectivity index (χ3n) is 4.40. The third kappa shape index (κ3) is 4.44. The summed E-state index contributed by atoms with van der Waals surface area (Å²) >= 11 is 1.81. The summed E-state index contributed by atoms with van der Waals surface area (Å²) in [7, 11) is 0. The van der Waals surface area contributed by atoms with Crippen LogP contribution in [0.15, 0.2) is 17.5 Å². The number of hydrogen-bond donors (Lipinski definition) is 1. The molecular weight excluding hydrogens is 298 g/mol. The minimum absolute atomic E-state index is 0.0878. The highest BCUT2D eigenvalue weighted by molar-refractivity contribution is 7.09. The molecule has 3 rings (SSSR count). The highest BCUT2D eigenvalue weighted by atomic mass is 32.1. The van der Waals surface area contributed by atoms with Gasteiger partial charge in [-0.05, 0) is 24.3 Å². The van der Waals surface area contributed by atoms with E-state index in [2.05, 4.69) is 27.7 Å². The number of carbonyl (C=O) groups is 1. The molecule has 3 heterocycles. The molecule has 1 aromatic rings. The lowest BCUT2D eigenvalue weighted by Crippen LogP contribution is -2.43. The van der Waals surface area contributed by atoms with E-state index in [0.717, 1.165) is 65.3 Å². The van der Waals surface area contributed by atoms with Gasteiger partial charge in [0.25, 0.3) is 0 Å². The number of nitrogens with zero attached hydrogens (tertiary/aromatic N) is 2. The van der Waals surface area contributed by atoms with Gasteiger partial charge in [-0.3, -0.25) is 4.90 Å². The van der Waals surface area contributed by atoms with Gasteiger partial charge in [-0.25, -0.2) is 4.79 Å². The topological polar surface area (TPSA) is 44.8 Å². The molecule has 22 heavy (non-hydrogen) atoms. The molecule has 1 N–H and O–H groups in total. The zero-order chi connectivity index (χ0) is 15.2. The van der Waals surface area contributed by atoms with Crippen molar-refractivity contribution in [1.82, 2.24) is 15.1 Å². The van der Waals surface area contributed by atoms with Crippen LogP contribution in [0.2, 0.25) is 0 Å². The fourth-order valence-electron chi connectivity index (χ4n) is 3.04. The second-order valence-electron chi connectivity index (χ2n) is 6.11. The van der Waals surface area contributed by atoms with Crippen molar-refractivity contribution in [2.45, 2.75) is 19.4 Å². The molecule has 0 radical (unpaired) electrons. The largest absolute Gasteiger partial charge is 0.381 e. The van der Waals surface area contributed by atoms with E-state index in [0.29, 0.717) is 5.92 Å². The molecule has 0 saturated carbocycles. The number of rotatable bonds is 4. The van der Waals surface area contributed by atoms with Crippen molar-refractivity contribution in [3.8, 4) is 0 Å². The maximum absolute atomic E-state index is 12.3. The van der Waals surface area contributed by atoms with Crippen molar-refractivity contribution in [2.24, 2.45) is 5.92 Å². The summed E-state index contributed by atoms with van der Waals surface area (Å²) in [6, 6.07) is 4.37. The van der Waals surface area contributed by atoms with Gasteiger partial charge in [0.05, 0.1) is 6.61 Å². The first-order chi connectivity index (χ1) is 10.8. The smallest absolute Gasteiger partial charge is 0.317 e. The Bertz CT molecular complexity index is 460. The molecule has 122 valence electrons. The van der Waals surface area contributed by atoms with Gasteiger partial charge in [0.15, 0.2) is 0 Å². The van der Waals surface area contributed by atoms with Crippen molar-refractivity contribution in [3.63, 3.8) is 0 Å². The summed E-state index contributed by atoms with van der Waals surface area (Å²) in [4.78, 5) is 18.1. The quantitative estimate of drug-likeness (QED) is 0.922. The number of urea groups is 1. The molecule has 1 aromatic heterocycles. The molecule has 2 saturated heterocycles. The van der Waals surface area contributed by atoms with Crippen molar-refractivity contribution in [1.29, 1.82) is 0 Å². The normalized spacial score (nSPS) is 23.5. The molecule has 0 aromatic carbocycles. The van der Waals surface area contributed by atoms with Crippen LogP contribution in [0.5, 0.6) is 0 Å². The maximum Gasteiger partial charge on any atom is 0.317 e. The average molecular weight is 323 g/mol. The van der Waals surface area contributed by atoms with E-state index in [1.165, 1.54) is 4.88 Å². The molecular formula is C16H25N3O2S. The zero-order valence-corrected chi connectivity index (χ0v) is 13.8. The monoisotopic (exact) mass is 323 g/mol. The maximum atomic E-state index is 12.3. The van der Waals surface area contributed by atoms with Gasteiger partial charge in [0, 0.05) is 56.7 Å². The van der Waals surface area contributed by atoms with Gasteiger partial charge in [0.2, 0.25) is 0 Å². The average Bonchev–Trinajstić information content (AvgIpc) is 3.16. The van der Waals surface area contributed by atoms with Crippen LogP contribution in [0.1, 0.15) is 17.7 Å². The van der Waals surface area contributed by atoms with E-state index in [1.807, 2.05) is 4.90 Å². The molecule has 5 nitrogen and oxygen atoms in total. The zero-order valence-electron chi connectivity index (χ0n) is 13.0. The van der Waals surface area contributed by atoms with Crippen LogP contribution in [0.3, 0.4) is 0 Å². The number of carbonyl (C=O) groups excluding carboxylic acids is 1. The van der Waals surface area contributed by atoms with Crippen LogP contribution in [0.25, 0.3) is 0 Å². The third-order valence-corrected chi connectivity index (χ3v) is 5.26. The van der Waals surface area contributed by atoms with E-state index in [9.17, 15) is 4.79 Å². The molecule has 2 aliphatic rings. The Labute approximate surface area is 136 Å². The lowest BCUT2D eigenvalue weighted by Gasteiger charge is -2.22. The Balaban J connectivity index is 1.42. The fourth-order valence-corrected chi connectivity index (χ4v) is 3.79. The first-order valence-corrected chi connectivity index (χ1v) is 9.04. The SMILES string of the molecule is O=C(NCC1CCOC1)N1CCCN(Cc2cccs2)CC1. The Hall–Kier alpha value is -1.11. The Kier molecular flexibility index (Phi) is 5.70. The molecule has 0 aliphatic carbocycles. The molecule has 0 bridgehead atoms. The number of amides is 2. The van der Waals surface area contributed by atoms with Gasteiger partial charge in [-0.2, -0.15) is 0 Å². The molecule has 0 spiro atoms. The van der Waals surface area contributed by atoms with E-state index in [1.54, 1.807) is 11.3 Å². The molecule has 2 amide bonds. The van der Waals surface area contributed by atoms with E-state index in [4.69, 9.17) is 4.74 Å². The van der Waals surface area contributed by atoms with Crippen molar-refractivity contribution in [3.05, 3.63) is 22.4 Å². The molecule has 1 unspecified atom stereocenters. The van der Waals surface area contributed by atoms with Crippen LogP contribution >= 0.6 is 11.3 Å². The molecule has 2 aliphatic heterocycles. The van der Waals surface area contributed by atoms with Gasteiger partial charge in [-0.15, -0.1) is 11.3 Å². The van der Waals surface area contributed by atoms with Gasteiger partial charge >= 0.3 is 6.03 Å². The standard InChI is InChI=1S/C16H25N3O2S/c20-16(17-11-14-4-9-21-13-14)19-6-2-5-18(7-8-19)12-15-3-1-10-22-15/h1,3,10,14H,2,4-9,11-13H2,(H,17,20).